The van der Waals surface area contributed by atoms with Crippen LogP contribution in [0.1, 0.15) is 19.0 Å². The van der Waals surface area contributed by atoms with Gasteiger partial charge in [0.05, 0.1) is 5.69 Å². The number of rotatable bonds is 5. The lowest BCUT2D eigenvalue weighted by atomic mass is 10.3. The van der Waals surface area contributed by atoms with Crippen LogP contribution in [-0.2, 0) is 0 Å². The summed E-state index contributed by atoms with van der Waals surface area (Å²) < 4.78 is 14.5. The van der Waals surface area contributed by atoms with Gasteiger partial charge in [0, 0.05) is 22.8 Å². The van der Waals surface area contributed by atoms with Crippen molar-refractivity contribution in [1.29, 1.82) is 0 Å². The Kier molecular flexibility index (Phi) is 4.89. The second-order valence-corrected chi connectivity index (χ2v) is 5.31. The minimum absolute atomic E-state index is 0.326. The van der Waals surface area contributed by atoms with E-state index < -0.39 is 0 Å². The highest BCUT2D eigenvalue weighted by Gasteiger charge is 2.06. The molecule has 6 heteroatoms. The van der Waals surface area contributed by atoms with Gasteiger partial charge in [-0.05, 0) is 31.5 Å². The molecule has 0 spiro atoms. The lowest BCUT2D eigenvalue weighted by Crippen LogP contribution is -2.07. The first-order chi connectivity index (χ1) is 9.58. The van der Waals surface area contributed by atoms with Crippen molar-refractivity contribution in [3.8, 4) is 0 Å². The molecule has 1 heterocycles. The lowest BCUT2D eigenvalue weighted by molar-refractivity contribution is 0.631. The van der Waals surface area contributed by atoms with Crippen LogP contribution in [0.4, 0.5) is 21.8 Å². The molecule has 0 bridgehead atoms. The van der Waals surface area contributed by atoms with Gasteiger partial charge in [-0.2, -0.15) is 4.98 Å². The highest BCUT2D eigenvalue weighted by molar-refractivity contribution is 9.10. The number of hydrogen-bond donors (Lipinski definition) is 2. The Morgan fingerprint density at radius 1 is 1.25 bits per heavy atom. The summed E-state index contributed by atoms with van der Waals surface area (Å²) in [7, 11) is 0. The fraction of sp³-hybridized carbons (Fsp3) is 0.286. The third-order valence-electron chi connectivity index (χ3n) is 2.58. The summed E-state index contributed by atoms with van der Waals surface area (Å²) in [4.78, 5) is 8.61. The van der Waals surface area contributed by atoms with Gasteiger partial charge in [-0.3, -0.25) is 0 Å². The first kappa shape index (κ1) is 14.7. The maximum atomic E-state index is 13.7. The van der Waals surface area contributed by atoms with Crippen LogP contribution in [0, 0.1) is 12.7 Å². The summed E-state index contributed by atoms with van der Waals surface area (Å²) in [6.45, 7) is 4.74. The quantitative estimate of drug-likeness (QED) is 0.855. The van der Waals surface area contributed by atoms with Gasteiger partial charge in [-0.25, -0.2) is 9.37 Å². The average Bonchev–Trinajstić information content (AvgIpc) is 2.40. The van der Waals surface area contributed by atoms with Crippen LogP contribution in [-0.4, -0.2) is 16.5 Å². The molecule has 0 aliphatic heterocycles. The van der Waals surface area contributed by atoms with E-state index in [2.05, 4.69) is 43.5 Å². The third kappa shape index (κ3) is 3.90. The predicted molar refractivity (Wildman–Crippen MR) is 82.9 cm³/mol. The van der Waals surface area contributed by atoms with Crippen LogP contribution in [0.5, 0.6) is 0 Å². The molecule has 0 aliphatic carbocycles. The Bertz CT molecular complexity index is 604. The Labute approximate surface area is 126 Å². The smallest absolute Gasteiger partial charge is 0.224 e. The van der Waals surface area contributed by atoms with Gasteiger partial charge in [0.25, 0.3) is 0 Å². The van der Waals surface area contributed by atoms with E-state index in [0.717, 1.165) is 23.1 Å². The van der Waals surface area contributed by atoms with Crippen LogP contribution < -0.4 is 10.6 Å². The standard InChI is InChI=1S/C14H16BrFN4/c1-3-6-17-14-18-9(2)7-13(20-14)19-12-8-10(15)4-5-11(12)16/h4-5,7-8H,3,6H2,1-2H3,(H2,17,18,19,20). The first-order valence-corrected chi connectivity index (χ1v) is 7.19. The molecule has 0 saturated carbocycles. The van der Waals surface area contributed by atoms with E-state index in [9.17, 15) is 4.39 Å². The number of nitrogens with zero attached hydrogens (tertiary/aromatic N) is 2. The Morgan fingerprint density at radius 3 is 2.80 bits per heavy atom. The number of hydrogen-bond acceptors (Lipinski definition) is 4. The minimum atomic E-state index is -0.326. The van der Waals surface area contributed by atoms with Crippen LogP contribution in [0.2, 0.25) is 0 Å². The Balaban J connectivity index is 2.24. The summed E-state index contributed by atoms with van der Waals surface area (Å²) in [6, 6.07) is 6.50. The van der Waals surface area contributed by atoms with Gasteiger partial charge in [0.2, 0.25) is 5.95 Å². The molecule has 2 rings (SSSR count). The third-order valence-corrected chi connectivity index (χ3v) is 3.07. The van der Waals surface area contributed by atoms with Gasteiger partial charge in [-0.15, -0.1) is 0 Å². The van der Waals surface area contributed by atoms with E-state index in [1.807, 2.05) is 6.92 Å². The van der Waals surface area contributed by atoms with E-state index in [-0.39, 0.29) is 5.82 Å². The zero-order valence-electron chi connectivity index (χ0n) is 11.4. The number of aromatic nitrogens is 2. The zero-order chi connectivity index (χ0) is 14.5. The largest absolute Gasteiger partial charge is 0.354 e. The molecule has 2 N–H and O–H groups in total. The fourth-order valence-corrected chi connectivity index (χ4v) is 2.04. The van der Waals surface area contributed by atoms with Crippen molar-refractivity contribution in [3.05, 3.63) is 40.2 Å². The van der Waals surface area contributed by atoms with Gasteiger partial charge < -0.3 is 10.6 Å². The SMILES string of the molecule is CCCNc1nc(C)cc(Nc2cc(Br)ccc2F)n1. The average molecular weight is 339 g/mol. The molecule has 0 fully saturated rings. The molecule has 1 aromatic carbocycles. The molecule has 0 saturated heterocycles. The van der Waals surface area contributed by atoms with Crippen LogP contribution in [0.15, 0.2) is 28.7 Å². The molecule has 4 nitrogen and oxygen atoms in total. The summed E-state index contributed by atoms with van der Waals surface area (Å²) >= 11 is 3.32. The molecular formula is C14H16BrFN4. The predicted octanol–water partition coefficient (Wildman–Crippen LogP) is 4.25. The molecule has 0 unspecified atom stereocenters. The molecule has 106 valence electrons. The molecule has 20 heavy (non-hydrogen) atoms. The number of anilines is 3. The Morgan fingerprint density at radius 2 is 2.05 bits per heavy atom. The van der Waals surface area contributed by atoms with Crippen molar-refractivity contribution in [3.63, 3.8) is 0 Å². The number of aryl methyl sites for hydroxylation is 1. The van der Waals surface area contributed by atoms with Gasteiger partial charge in [0.1, 0.15) is 11.6 Å². The number of halogens is 2. The Hall–Kier alpha value is -1.69. The van der Waals surface area contributed by atoms with Crippen molar-refractivity contribution < 1.29 is 4.39 Å². The molecule has 1 aromatic heterocycles. The normalized spacial score (nSPS) is 10.4. The summed E-state index contributed by atoms with van der Waals surface area (Å²) in [6.07, 6.45) is 0.986. The van der Waals surface area contributed by atoms with Crippen molar-refractivity contribution in [2.24, 2.45) is 0 Å². The van der Waals surface area contributed by atoms with Crippen molar-refractivity contribution in [2.75, 3.05) is 17.2 Å². The fourth-order valence-electron chi connectivity index (χ4n) is 1.68. The van der Waals surface area contributed by atoms with E-state index >= 15 is 0 Å². The highest BCUT2D eigenvalue weighted by atomic mass is 79.9. The maximum absolute atomic E-state index is 13.7. The van der Waals surface area contributed by atoms with Gasteiger partial charge >= 0.3 is 0 Å². The van der Waals surface area contributed by atoms with E-state index in [1.165, 1.54) is 6.07 Å². The monoisotopic (exact) mass is 338 g/mol. The minimum Gasteiger partial charge on any atom is -0.354 e. The first-order valence-electron chi connectivity index (χ1n) is 6.40. The zero-order valence-corrected chi connectivity index (χ0v) is 13.0. The molecular weight excluding hydrogens is 323 g/mol. The summed E-state index contributed by atoms with van der Waals surface area (Å²) in [5, 5.41) is 6.10. The second-order valence-electron chi connectivity index (χ2n) is 4.39. The van der Waals surface area contributed by atoms with Crippen molar-refractivity contribution >= 4 is 33.4 Å². The lowest BCUT2D eigenvalue weighted by Gasteiger charge is -2.10. The maximum Gasteiger partial charge on any atom is 0.224 e. The van der Waals surface area contributed by atoms with Crippen LogP contribution in [0.3, 0.4) is 0 Å². The number of benzene rings is 1. The molecule has 2 aromatic rings. The second kappa shape index (κ2) is 6.65. The molecule has 0 amide bonds. The highest BCUT2D eigenvalue weighted by Crippen LogP contribution is 2.23. The van der Waals surface area contributed by atoms with E-state index in [0.29, 0.717) is 17.5 Å². The molecule has 0 aliphatic rings. The van der Waals surface area contributed by atoms with Crippen molar-refractivity contribution in [2.45, 2.75) is 20.3 Å². The summed E-state index contributed by atoms with van der Waals surface area (Å²) in [5.74, 6) is 0.783. The number of nitrogens with one attached hydrogen (secondary N) is 2. The molecule has 0 radical (unpaired) electrons. The summed E-state index contributed by atoms with van der Waals surface area (Å²) in [5.41, 5.74) is 1.19. The van der Waals surface area contributed by atoms with Crippen LogP contribution >= 0.6 is 15.9 Å². The molecule has 0 atom stereocenters. The van der Waals surface area contributed by atoms with Gasteiger partial charge in [0.15, 0.2) is 0 Å². The topological polar surface area (TPSA) is 49.8 Å². The van der Waals surface area contributed by atoms with Crippen molar-refractivity contribution in [1.82, 2.24) is 9.97 Å². The van der Waals surface area contributed by atoms with Gasteiger partial charge in [-0.1, -0.05) is 22.9 Å². The van der Waals surface area contributed by atoms with E-state index in [4.69, 9.17) is 0 Å². The van der Waals surface area contributed by atoms with Crippen LogP contribution in [0.25, 0.3) is 0 Å². The van der Waals surface area contributed by atoms with E-state index in [1.54, 1.807) is 18.2 Å².